The molecule has 1 amide bonds. The molecule has 152 valence electrons. The van der Waals surface area contributed by atoms with E-state index in [0.717, 1.165) is 30.7 Å². The second-order valence-electron chi connectivity index (χ2n) is 7.11. The zero-order chi connectivity index (χ0) is 21.1. The number of nitrogens with one attached hydrogen (secondary N) is 1. The normalized spacial score (nSPS) is 14.0. The highest BCUT2D eigenvalue weighted by molar-refractivity contribution is 6.04. The van der Waals surface area contributed by atoms with E-state index in [9.17, 15) is 13.6 Å². The highest BCUT2D eigenvalue weighted by Crippen LogP contribution is 2.29. The van der Waals surface area contributed by atoms with Gasteiger partial charge in [0, 0.05) is 31.2 Å². The van der Waals surface area contributed by atoms with Gasteiger partial charge in [-0.1, -0.05) is 23.8 Å². The summed E-state index contributed by atoms with van der Waals surface area (Å²) in [5.41, 5.74) is 3.34. The van der Waals surface area contributed by atoms with E-state index in [1.165, 1.54) is 17.2 Å². The molecule has 0 saturated heterocycles. The van der Waals surface area contributed by atoms with Crippen molar-refractivity contribution in [2.24, 2.45) is 0 Å². The number of hydrogen-bond donors (Lipinski definition) is 1. The fourth-order valence-corrected chi connectivity index (χ4v) is 3.48. The van der Waals surface area contributed by atoms with Crippen molar-refractivity contribution < 1.29 is 13.6 Å². The van der Waals surface area contributed by atoms with Crippen molar-refractivity contribution >= 4 is 23.1 Å². The average Bonchev–Trinajstić information content (AvgIpc) is 2.75. The summed E-state index contributed by atoms with van der Waals surface area (Å²) in [4.78, 5) is 23.1. The van der Waals surface area contributed by atoms with Gasteiger partial charge in [-0.2, -0.15) is 0 Å². The molecule has 0 spiro atoms. The van der Waals surface area contributed by atoms with Gasteiger partial charge >= 0.3 is 0 Å². The van der Waals surface area contributed by atoms with Crippen LogP contribution in [-0.2, 0) is 0 Å². The van der Waals surface area contributed by atoms with Crippen molar-refractivity contribution in [3.8, 4) is 0 Å². The molecule has 1 aliphatic rings. The van der Waals surface area contributed by atoms with Crippen LogP contribution in [0, 0.1) is 11.6 Å². The standard InChI is InChI=1S/C23H20F2N4O/c1-15-10-13-29(23-26-11-3-12-27-23)14-18(15)16-6-8-17(9-7-16)28-22(30)21-19(24)4-2-5-20(21)25/h2-9,11-12H,10,13-14H2,1H3,(H,28,30). The molecule has 3 aromatic rings. The molecule has 0 fully saturated rings. The summed E-state index contributed by atoms with van der Waals surface area (Å²) in [7, 11) is 0. The molecule has 4 rings (SSSR count). The predicted molar refractivity (Wildman–Crippen MR) is 112 cm³/mol. The fraction of sp³-hybridized carbons (Fsp3) is 0.174. The van der Waals surface area contributed by atoms with Crippen LogP contribution in [0.4, 0.5) is 20.4 Å². The molecule has 1 N–H and O–H groups in total. The van der Waals surface area contributed by atoms with E-state index in [1.807, 2.05) is 12.1 Å². The molecular weight excluding hydrogens is 386 g/mol. The number of benzene rings is 2. The lowest BCUT2D eigenvalue weighted by Crippen LogP contribution is -2.32. The van der Waals surface area contributed by atoms with Crippen LogP contribution in [0.2, 0.25) is 0 Å². The van der Waals surface area contributed by atoms with Crippen molar-refractivity contribution in [2.75, 3.05) is 23.3 Å². The largest absolute Gasteiger partial charge is 0.336 e. The number of hydrogen-bond acceptors (Lipinski definition) is 4. The number of rotatable bonds is 4. The first-order valence-corrected chi connectivity index (χ1v) is 9.59. The number of carbonyl (C=O) groups excluding carboxylic acids is 1. The lowest BCUT2D eigenvalue weighted by atomic mass is 9.95. The van der Waals surface area contributed by atoms with E-state index in [-0.39, 0.29) is 0 Å². The van der Waals surface area contributed by atoms with Crippen LogP contribution in [0.15, 0.2) is 66.5 Å². The molecule has 5 nitrogen and oxygen atoms in total. The Hall–Kier alpha value is -3.61. The Bertz CT molecular complexity index is 1080. The lowest BCUT2D eigenvalue weighted by Gasteiger charge is -2.30. The quantitative estimate of drug-likeness (QED) is 0.683. The zero-order valence-corrected chi connectivity index (χ0v) is 16.4. The van der Waals surface area contributed by atoms with Crippen molar-refractivity contribution in [1.82, 2.24) is 9.97 Å². The fourth-order valence-electron chi connectivity index (χ4n) is 3.48. The van der Waals surface area contributed by atoms with Gasteiger partial charge in [0.15, 0.2) is 0 Å². The molecule has 0 saturated carbocycles. The molecule has 0 unspecified atom stereocenters. The topological polar surface area (TPSA) is 58.1 Å². The summed E-state index contributed by atoms with van der Waals surface area (Å²) < 4.78 is 27.6. The first kappa shape index (κ1) is 19.7. The minimum atomic E-state index is -0.893. The van der Waals surface area contributed by atoms with E-state index in [0.29, 0.717) is 18.2 Å². The third-order valence-electron chi connectivity index (χ3n) is 5.14. The molecule has 2 aromatic carbocycles. The van der Waals surface area contributed by atoms with E-state index in [2.05, 4.69) is 27.1 Å². The van der Waals surface area contributed by atoms with Gasteiger partial charge in [0.2, 0.25) is 5.95 Å². The Morgan fingerprint density at radius 1 is 1.00 bits per heavy atom. The SMILES string of the molecule is CC1=C(c2ccc(NC(=O)c3c(F)cccc3F)cc2)CN(c2ncccn2)CC1. The molecule has 7 heteroatoms. The summed E-state index contributed by atoms with van der Waals surface area (Å²) in [6.07, 6.45) is 4.35. The Balaban J connectivity index is 1.51. The number of anilines is 2. The Labute approximate surface area is 173 Å². The van der Waals surface area contributed by atoms with Gasteiger partial charge in [0.1, 0.15) is 17.2 Å². The van der Waals surface area contributed by atoms with Crippen LogP contribution in [0.3, 0.4) is 0 Å². The van der Waals surface area contributed by atoms with Gasteiger partial charge < -0.3 is 10.2 Å². The first-order valence-electron chi connectivity index (χ1n) is 9.59. The predicted octanol–water partition coefficient (Wildman–Crippen LogP) is 4.69. The third kappa shape index (κ3) is 4.05. The van der Waals surface area contributed by atoms with Gasteiger partial charge in [-0.3, -0.25) is 4.79 Å². The summed E-state index contributed by atoms with van der Waals surface area (Å²) >= 11 is 0. The average molecular weight is 406 g/mol. The monoisotopic (exact) mass is 406 g/mol. The van der Waals surface area contributed by atoms with E-state index in [4.69, 9.17) is 0 Å². The van der Waals surface area contributed by atoms with Crippen LogP contribution in [0.1, 0.15) is 29.3 Å². The molecule has 30 heavy (non-hydrogen) atoms. The second-order valence-corrected chi connectivity index (χ2v) is 7.11. The van der Waals surface area contributed by atoms with Gasteiger partial charge in [-0.15, -0.1) is 0 Å². The maximum Gasteiger partial charge on any atom is 0.261 e. The number of halogens is 2. The molecule has 1 aliphatic heterocycles. The van der Waals surface area contributed by atoms with E-state index in [1.54, 1.807) is 30.6 Å². The molecular formula is C23H20F2N4O. The van der Waals surface area contributed by atoms with E-state index >= 15 is 0 Å². The molecule has 0 bridgehead atoms. The van der Waals surface area contributed by atoms with Crippen molar-refractivity contribution in [3.63, 3.8) is 0 Å². The van der Waals surface area contributed by atoms with Crippen molar-refractivity contribution in [3.05, 3.63) is 89.3 Å². The number of aromatic nitrogens is 2. The van der Waals surface area contributed by atoms with Crippen LogP contribution in [0.25, 0.3) is 5.57 Å². The minimum Gasteiger partial charge on any atom is -0.336 e. The number of nitrogens with zero attached hydrogens (tertiary/aromatic N) is 3. The van der Waals surface area contributed by atoms with Crippen LogP contribution >= 0.6 is 0 Å². The lowest BCUT2D eigenvalue weighted by molar-refractivity contribution is 0.101. The number of carbonyl (C=O) groups is 1. The first-order chi connectivity index (χ1) is 14.5. The summed E-state index contributed by atoms with van der Waals surface area (Å²) in [5.74, 6) is -1.91. The summed E-state index contributed by atoms with van der Waals surface area (Å²) in [6.45, 7) is 3.64. The van der Waals surface area contributed by atoms with Crippen LogP contribution < -0.4 is 10.2 Å². The van der Waals surface area contributed by atoms with Gasteiger partial charge in [-0.05, 0) is 54.8 Å². The molecule has 0 aliphatic carbocycles. The third-order valence-corrected chi connectivity index (χ3v) is 5.14. The summed E-state index contributed by atoms with van der Waals surface area (Å²) in [6, 6.07) is 12.4. The highest BCUT2D eigenvalue weighted by Gasteiger charge is 2.20. The maximum absolute atomic E-state index is 13.8. The molecule has 0 atom stereocenters. The van der Waals surface area contributed by atoms with Crippen molar-refractivity contribution in [1.29, 1.82) is 0 Å². The Morgan fingerprint density at radius 3 is 2.33 bits per heavy atom. The number of amides is 1. The molecule has 2 heterocycles. The van der Waals surface area contributed by atoms with Gasteiger partial charge in [-0.25, -0.2) is 18.7 Å². The Kier molecular flexibility index (Phi) is 5.52. The summed E-state index contributed by atoms with van der Waals surface area (Å²) in [5, 5.41) is 2.55. The van der Waals surface area contributed by atoms with Gasteiger partial charge in [0.05, 0.1) is 0 Å². The molecule has 1 aromatic heterocycles. The van der Waals surface area contributed by atoms with Crippen LogP contribution in [0.5, 0.6) is 0 Å². The molecule has 0 radical (unpaired) electrons. The maximum atomic E-state index is 13.8. The van der Waals surface area contributed by atoms with E-state index < -0.39 is 23.1 Å². The Morgan fingerprint density at radius 2 is 1.67 bits per heavy atom. The second kappa shape index (κ2) is 8.41. The zero-order valence-electron chi connectivity index (χ0n) is 16.4. The minimum absolute atomic E-state index is 0.462. The van der Waals surface area contributed by atoms with Crippen molar-refractivity contribution in [2.45, 2.75) is 13.3 Å². The highest BCUT2D eigenvalue weighted by atomic mass is 19.1. The van der Waals surface area contributed by atoms with Crippen LogP contribution in [-0.4, -0.2) is 29.0 Å². The smallest absolute Gasteiger partial charge is 0.261 e. The van der Waals surface area contributed by atoms with Gasteiger partial charge in [0.25, 0.3) is 5.91 Å².